The van der Waals surface area contributed by atoms with E-state index in [0.717, 1.165) is 12.8 Å². The molecule has 0 aliphatic carbocycles. The first-order valence-corrected chi connectivity index (χ1v) is 13.1. The van der Waals surface area contributed by atoms with E-state index < -0.39 is 0 Å². The van der Waals surface area contributed by atoms with Crippen LogP contribution in [0.5, 0.6) is 0 Å². The quantitative estimate of drug-likeness (QED) is 0.114. The molecule has 0 radical (unpaired) electrons. The molecule has 0 aromatic rings. The molecule has 0 N–H and O–H groups in total. The van der Waals surface area contributed by atoms with Gasteiger partial charge in [0, 0.05) is 0 Å². The Morgan fingerprint density at radius 1 is 0.448 bits per heavy atom. The Morgan fingerprint density at radius 2 is 0.724 bits per heavy atom. The molecule has 1 nitrogen and oxygen atoms in total. The molecular formula is C28H54O. The van der Waals surface area contributed by atoms with Crippen molar-refractivity contribution in [2.75, 3.05) is 13.2 Å². The second kappa shape index (κ2) is 23.7. The van der Waals surface area contributed by atoms with Crippen LogP contribution >= 0.6 is 0 Å². The lowest BCUT2D eigenvalue weighted by atomic mass is 10.0. The first-order chi connectivity index (χ1) is 14.2. The Hall–Kier alpha value is -0.560. The maximum absolute atomic E-state index is 5.82. The summed E-state index contributed by atoms with van der Waals surface area (Å²) in [5, 5.41) is 0. The molecule has 0 saturated carbocycles. The Bertz CT molecular complexity index is 323. The normalized spacial score (nSPS) is 11.1. The van der Waals surface area contributed by atoms with Gasteiger partial charge in [-0.25, -0.2) is 0 Å². The Kier molecular flexibility index (Phi) is 23.3. The summed E-state index contributed by atoms with van der Waals surface area (Å²) in [6, 6.07) is 0. The number of unbranched alkanes of at least 4 members (excludes halogenated alkanes) is 16. The number of rotatable bonds is 24. The summed E-state index contributed by atoms with van der Waals surface area (Å²) >= 11 is 0. The van der Waals surface area contributed by atoms with E-state index in [1.54, 1.807) is 0 Å². The molecule has 0 unspecified atom stereocenters. The van der Waals surface area contributed by atoms with E-state index in [2.05, 4.69) is 27.0 Å². The minimum atomic E-state index is 0.716. The van der Waals surface area contributed by atoms with E-state index in [1.807, 2.05) is 0 Å². The average Bonchev–Trinajstić information content (AvgIpc) is 2.71. The highest BCUT2D eigenvalue weighted by atomic mass is 16.5. The van der Waals surface area contributed by atoms with Crippen LogP contribution in [-0.2, 0) is 4.74 Å². The van der Waals surface area contributed by atoms with Crippen molar-refractivity contribution in [2.45, 2.75) is 142 Å². The largest absolute Gasteiger partial charge is 0.373 e. The fraction of sp³-hybridized carbons (Fsp3) is 0.857. The van der Waals surface area contributed by atoms with Crippen LogP contribution in [-0.4, -0.2) is 13.2 Å². The summed E-state index contributed by atoms with van der Waals surface area (Å²) in [7, 11) is 0. The van der Waals surface area contributed by atoms with E-state index in [4.69, 9.17) is 4.74 Å². The Balaban J connectivity index is 3.31. The molecule has 0 aromatic heterocycles. The first-order valence-electron chi connectivity index (χ1n) is 13.1. The van der Waals surface area contributed by atoms with Gasteiger partial charge in [0.05, 0.1) is 13.2 Å². The van der Waals surface area contributed by atoms with Crippen LogP contribution in [0, 0.1) is 0 Å². The van der Waals surface area contributed by atoms with Gasteiger partial charge < -0.3 is 4.74 Å². The highest BCUT2D eigenvalue weighted by molar-refractivity contribution is 4.97. The van der Waals surface area contributed by atoms with Crippen molar-refractivity contribution >= 4 is 0 Å². The van der Waals surface area contributed by atoms with Crippen LogP contribution in [0.2, 0.25) is 0 Å². The maximum atomic E-state index is 5.82. The van der Waals surface area contributed by atoms with Crippen molar-refractivity contribution in [1.29, 1.82) is 0 Å². The molecule has 0 fully saturated rings. The van der Waals surface area contributed by atoms with Gasteiger partial charge in [-0.2, -0.15) is 0 Å². The second-order valence-electron chi connectivity index (χ2n) is 9.15. The van der Waals surface area contributed by atoms with Crippen molar-refractivity contribution in [3.8, 4) is 0 Å². The van der Waals surface area contributed by atoms with E-state index in [0.29, 0.717) is 13.2 Å². The molecule has 0 saturated heterocycles. The molecule has 0 amide bonds. The molecule has 0 aliphatic rings. The summed E-state index contributed by atoms with van der Waals surface area (Å²) in [6.45, 7) is 14.4. The summed E-state index contributed by atoms with van der Waals surface area (Å²) in [4.78, 5) is 0. The third kappa shape index (κ3) is 23.6. The first kappa shape index (κ1) is 28.4. The third-order valence-electron chi connectivity index (χ3n) is 5.88. The van der Waals surface area contributed by atoms with Gasteiger partial charge in [0.25, 0.3) is 0 Å². The second-order valence-corrected chi connectivity index (χ2v) is 9.15. The molecule has 0 aliphatic heterocycles. The lowest BCUT2D eigenvalue weighted by Crippen LogP contribution is -2.02. The summed E-state index contributed by atoms with van der Waals surface area (Å²) in [5.41, 5.74) is 2.51. The van der Waals surface area contributed by atoms with Gasteiger partial charge >= 0.3 is 0 Å². The Labute approximate surface area is 184 Å². The van der Waals surface area contributed by atoms with Gasteiger partial charge in [-0.15, -0.1) is 0 Å². The highest BCUT2D eigenvalue weighted by Gasteiger charge is 2.00. The minimum absolute atomic E-state index is 0.716. The zero-order valence-electron chi connectivity index (χ0n) is 20.4. The average molecular weight is 407 g/mol. The van der Waals surface area contributed by atoms with Gasteiger partial charge in [-0.05, 0) is 25.7 Å². The van der Waals surface area contributed by atoms with Crippen molar-refractivity contribution in [1.82, 2.24) is 0 Å². The van der Waals surface area contributed by atoms with Crippen molar-refractivity contribution in [3.63, 3.8) is 0 Å². The predicted molar refractivity (Wildman–Crippen MR) is 133 cm³/mol. The van der Waals surface area contributed by atoms with E-state index in [9.17, 15) is 0 Å². The minimum Gasteiger partial charge on any atom is -0.373 e. The molecule has 29 heavy (non-hydrogen) atoms. The zero-order valence-corrected chi connectivity index (χ0v) is 20.4. The molecule has 0 heterocycles. The van der Waals surface area contributed by atoms with E-state index in [-0.39, 0.29) is 0 Å². The fourth-order valence-electron chi connectivity index (χ4n) is 3.86. The van der Waals surface area contributed by atoms with Gasteiger partial charge in [0.15, 0.2) is 0 Å². The number of hydrogen-bond acceptors (Lipinski definition) is 1. The third-order valence-corrected chi connectivity index (χ3v) is 5.88. The molecular weight excluding hydrogens is 352 g/mol. The molecule has 172 valence electrons. The lowest BCUT2D eigenvalue weighted by molar-refractivity contribution is 0.175. The van der Waals surface area contributed by atoms with Crippen LogP contribution < -0.4 is 0 Å². The standard InChI is InChI=1S/C28H54O/c1-5-7-9-11-13-15-17-19-21-23-27(3)25-29-26-28(4)24-22-20-18-16-14-12-10-8-6-2/h3-26H2,1-2H3. The summed E-state index contributed by atoms with van der Waals surface area (Å²) < 4.78 is 5.82. The van der Waals surface area contributed by atoms with Gasteiger partial charge in [-0.3, -0.25) is 0 Å². The van der Waals surface area contributed by atoms with E-state index in [1.165, 1.54) is 127 Å². The van der Waals surface area contributed by atoms with Crippen LogP contribution in [0.25, 0.3) is 0 Å². The topological polar surface area (TPSA) is 9.23 Å². The molecule has 0 rings (SSSR count). The molecule has 0 spiro atoms. The SMILES string of the molecule is C=C(CCCCCCCCCCC)COCC(=C)CCCCCCCCCCC. The van der Waals surface area contributed by atoms with Gasteiger partial charge in [0.2, 0.25) is 0 Å². The maximum Gasteiger partial charge on any atom is 0.0678 e. The molecule has 0 bridgehead atoms. The fourth-order valence-corrected chi connectivity index (χ4v) is 3.86. The number of hydrogen-bond donors (Lipinski definition) is 0. The lowest BCUT2D eigenvalue weighted by Gasteiger charge is -2.09. The van der Waals surface area contributed by atoms with Gasteiger partial charge in [-0.1, -0.05) is 141 Å². The van der Waals surface area contributed by atoms with Crippen molar-refractivity contribution in [3.05, 3.63) is 24.3 Å². The zero-order chi connectivity index (χ0) is 21.4. The Morgan fingerprint density at radius 3 is 1.03 bits per heavy atom. The smallest absolute Gasteiger partial charge is 0.0678 e. The van der Waals surface area contributed by atoms with E-state index >= 15 is 0 Å². The molecule has 0 atom stereocenters. The predicted octanol–water partition coefficient (Wildman–Crippen LogP) is 9.96. The highest BCUT2D eigenvalue weighted by Crippen LogP contribution is 2.15. The monoisotopic (exact) mass is 406 g/mol. The van der Waals surface area contributed by atoms with Crippen molar-refractivity contribution in [2.24, 2.45) is 0 Å². The molecule has 1 heteroatoms. The van der Waals surface area contributed by atoms with Crippen LogP contribution in [0.4, 0.5) is 0 Å². The van der Waals surface area contributed by atoms with Crippen LogP contribution in [0.3, 0.4) is 0 Å². The number of ether oxygens (including phenoxy) is 1. The van der Waals surface area contributed by atoms with Crippen LogP contribution in [0.15, 0.2) is 24.3 Å². The van der Waals surface area contributed by atoms with Gasteiger partial charge in [0.1, 0.15) is 0 Å². The summed E-state index contributed by atoms with van der Waals surface area (Å²) in [5.74, 6) is 0. The van der Waals surface area contributed by atoms with Crippen molar-refractivity contribution < 1.29 is 4.74 Å². The summed E-state index contributed by atoms with van der Waals surface area (Å²) in [6.07, 6.45) is 27.1. The van der Waals surface area contributed by atoms with Crippen LogP contribution in [0.1, 0.15) is 142 Å². The molecule has 0 aromatic carbocycles.